The first-order chi connectivity index (χ1) is 15.9. The molecule has 0 radical (unpaired) electrons. The van der Waals surface area contributed by atoms with Gasteiger partial charge in [0.1, 0.15) is 24.1 Å². The van der Waals surface area contributed by atoms with Crippen molar-refractivity contribution in [1.29, 1.82) is 0 Å². The van der Waals surface area contributed by atoms with Crippen LogP contribution in [0.5, 0.6) is 0 Å². The second kappa shape index (κ2) is 9.36. The van der Waals surface area contributed by atoms with Crippen LogP contribution in [0.2, 0.25) is 0 Å². The van der Waals surface area contributed by atoms with Crippen molar-refractivity contribution in [3.63, 3.8) is 0 Å². The van der Waals surface area contributed by atoms with E-state index in [1.807, 2.05) is 0 Å². The Balaban J connectivity index is 0.000000195. The van der Waals surface area contributed by atoms with Gasteiger partial charge in [0.25, 0.3) is 0 Å². The van der Waals surface area contributed by atoms with Crippen molar-refractivity contribution < 1.29 is 35.1 Å². The first kappa shape index (κ1) is 26.5. The predicted octanol–water partition coefficient (Wildman–Crippen LogP) is 1.09. The van der Waals surface area contributed by atoms with E-state index in [2.05, 4.69) is 20.8 Å². The summed E-state index contributed by atoms with van der Waals surface area (Å²) in [5, 5.41) is 47.0. The molecule has 0 spiro atoms. The number of aliphatic hydroxyl groups is 5. The maximum atomic E-state index is 11.9. The summed E-state index contributed by atoms with van der Waals surface area (Å²) in [5.74, 6) is 3.44. The number of hydrogen-bond donors (Lipinski definition) is 6. The molecule has 12 atom stereocenters. The first-order valence-electron chi connectivity index (χ1n) is 13.2. The lowest BCUT2D eigenvalue weighted by Crippen LogP contribution is -2.61. The van der Waals surface area contributed by atoms with E-state index in [1.165, 1.54) is 32.1 Å². The van der Waals surface area contributed by atoms with Gasteiger partial charge >= 0.3 is 0 Å². The maximum absolute atomic E-state index is 11.9. The van der Waals surface area contributed by atoms with Crippen molar-refractivity contribution in [1.82, 2.24) is 0 Å². The Kier molecular flexibility index (Phi) is 7.28. The van der Waals surface area contributed by atoms with E-state index in [0.29, 0.717) is 23.0 Å². The third-order valence-corrected chi connectivity index (χ3v) is 11.0. The number of ether oxygens (including phenoxy) is 1. The van der Waals surface area contributed by atoms with E-state index in [9.17, 15) is 20.1 Å². The molecule has 0 aromatic carbocycles. The van der Waals surface area contributed by atoms with Gasteiger partial charge in [-0.1, -0.05) is 13.8 Å². The van der Waals surface area contributed by atoms with Gasteiger partial charge in [0.05, 0.1) is 18.2 Å². The summed E-state index contributed by atoms with van der Waals surface area (Å²) in [5.41, 5.74) is 5.32. The van der Waals surface area contributed by atoms with Crippen LogP contribution in [-0.4, -0.2) is 74.2 Å². The molecule has 34 heavy (non-hydrogen) atoms. The number of hydrogen-bond acceptors (Lipinski definition) is 8. The number of rotatable bonds is 1. The van der Waals surface area contributed by atoms with Crippen molar-refractivity contribution in [2.75, 3.05) is 6.61 Å². The molecule has 0 aromatic rings. The molecule has 7 N–H and O–H groups in total. The summed E-state index contributed by atoms with van der Waals surface area (Å²) in [4.78, 5) is 11.9. The molecule has 8 nitrogen and oxygen atoms in total. The standard InChI is InChI=1S/C20H32O2.C6H13NO5/c1-18-9-6-14(21)12-13(18)4-5-15-16(18)7-10-19(2)17(15)8-11-20(19,3)22;7-3-5(10)4(9)2(1-8)12-6(3)11/h13,15-17,22H,4-12H2,1-3H3;2-6,8-11H,1,7H2/t13-,15+,16-,17-,18-,19-,20-;2-,3-,4-,5-,6-/m01/s1. The second-order valence-electron chi connectivity index (χ2n) is 12.5. The zero-order chi connectivity index (χ0) is 25.1. The second-order valence-corrected chi connectivity index (χ2v) is 12.5. The molecule has 4 aliphatic carbocycles. The third-order valence-electron chi connectivity index (χ3n) is 11.0. The molecule has 0 bridgehead atoms. The molecule has 5 rings (SSSR count). The van der Waals surface area contributed by atoms with E-state index in [1.54, 1.807) is 0 Å². The van der Waals surface area contributed by atoms with Crippen LogP contribution in [0.1, 0.15) is 78.6 Å². The minimum Gasteiger partial charge on any atom is -0.394 e. The van der Waals surface area contributed by atoms with Crippen LogP contribution >= 0.6 is 0 Å². The summed E-state index contributed by atoms with van der Waals surface area (Å²) in [6, 6.07) is -1.04. The lowest BCUT2D eigenvalue weighted by molar-refractivity contribution is -0.248. The fourth-order valence-electron chi connectivity index (χ4n) is 8.41. The number of nitrogens with two attached hydrogens (primary N) is 1. The Morgan fingerprint density at radius 2 is 1.65 bits per heavy atom. The van der Waals surface area contributed by atoms with Gasteiger partial charge in [0.15, 0.2) is 6.29 Å². The molecule has 1 heterocycles. The number of carbonyl (C=O) groups is 1. The van der Waals surface area contributed by atoms with Crippen LogP contribution in [0.25, 0.3) is 0 Å². The Morgan fingerprint density at radius 1 is 0.971 bits per heavy atom. The Bertz CT molecular complexity index is 757. The summed E-state index contributed by atoms with van der Waals surface area (Å²) in [6.07, 6.45) is 5.13. The number of carbonyl (C=O) groups excluding carboxylic acids is 1. The average molecular weight is 484 g/mol. The zero-order valence-corrected chi connectivity index (χ0v) is 20.9. The molecule has 4 saturated carbocycles. The fraction of sp³-hybridized carbons (Fsp3) is 0.962. The third kappa shape index (κ3) is 4.17. The zero-order valence-electron chi connectivity index (χ0n) is 20.9. The molecule has 0 aromatic heterocycles. The van der Waals surface area contributed by atoms with Gasteiger partial charge in [-0.05, 0) is 86.4 Å². The van der Waals surface area contributed by atoms with E-state index in [0.717, 1.165) is 37.5 Å². The van der Waals surface area contributed by atoms with Crippen molar-refractivity contribution in [2.45, 2.75) is 115 Å². The highest BCUT2D eigenvalue weighted by atomic mass is 16.6. The molecule has 5 aliphatic rings. The quantitative estimate of drug-likeness (QED) is 0.324. The lowest BCUT2D eigenvalue weighted by atomic mass is 9.44. The molecule has 0 unspecified atom stereocenters. The van der Waals surface area contributed by atoms with Crippen molar-refractivity contribution in [3.8, 4) is 0 Å². The molecule has 1 saturated heterocycles. The molecule has 5 fully saturated rings. The largest absolute Gasteiger partial charge is 0.394 e. The van der Waals surface area contributed by atoms with E-state index >= 15 is 0 Å². The molecule has 8 heteroatoms. The number of Topliss-reactive ketones (excluding diaryl/α,β-unsaturated/α-hetero) is 1. The summed E-state index contributed by atoms with van der Waals surface area (Å²) >= 11 is 0. The minimum absolute atomic E-state index is 0.127. The van der Waals surface area contributed by atoms with Crippen molar-refractivity contribution >= 4 is 5.78 Å². The predicted molar refractivity (Wildman–Crippen MR) is 125 cm³/mol. The Morgan fingerprint density at radius 3 is 2.32 bits per heavy atom. The molecule has 0 amide bonds. The molecule has 1 aliphatic heterocycles. The van der Waals surface area contributed by atoms with Gasteiger partial charge < -0.3 is 36.0 Å². The van der Waals surface area contributed by atoms with Crippen LogP contribution in [0.4, 0.5) is 0 Å². The van der Waals surface area contributed by atoms with Crippen LogP contribution in [0, 0.1) is 34.5 Å². The summed E-state index contributed by atoms with van der Waals surface area (Å²) in [6.45, 7) is 6.47. The van der Waals surface area contributed by atoms with Gasteiger partial charge in [0.2, 0.25) is 0 Å². The Hall–Kier alpha value is -0.610. The van der Waals surface area contributed by atoms with E-state index in [4.69, 9.17) is 20.7 Å². The molecule has 196 valence electrons. The smallest absolute Gasteiger partial charge is 0.173 e. The highest BCUT2D eigenvalue weighted by Crippen LogP contribution is 2.67. The number of fused-ring (bicyclic) bond motifs is 5. The Labute approximate surface area is 202 Å². The highest BCUT2D eigenvalue weighted by Gasteiger charge is 2.63. The monoisotopic (exact) mass is 483 g/mol. The van der Waals surface area contributed by atoms with Crippen LogP contribution in [-0.2, 0) is 9.53 Å². The average Bonchev–Trinajstić information content (AvgIpc) is 3.04. The fourth-order valence-corrected chi connectivity index (χ4v) is 8.41. The van der Waals surface area contributed by atoms with Gasteiger partial charge in [-0.2, -0.15) is 0 Å². The minimum atomic E-state index is -1.35. The van der Waals surface area contributed by atoms with Gasteiger partial charge in [-0.15, -0.1) is 0 Å². The van der Waals surface area contributed by atoms with Crippen LogP contribution in [0.3, 0.4) is 0 Å². The number of ketones is 1. The van der Waals surface area contributed by atoms with Crippen molar-refractivity contribution in [2.24, 2.45) is 40.2 Å². The van der Waals surface area contributed by atoms with Gasteiger partial charge in [-0.25, -0.2) is 0 Å². The highest BCUT2D eigenvalue weighted by molar-refractivity contribution is 5.79. The van der Waals surface area contributed by atoms with E-state index in [-0.39, 0.29) is 5.41 Å². The number of aliphatic hydroxyl groups excluding tert-OH is 4. The molecular formula is C26H45NO7. The SMILES string of the molecule is C[C@]12CCC(=O)C[C@@H]1CC[C@@H]1[C@@H]2CC[C@@]2(C)[C@H]1CC[C@]2(C)O.N[C@@H]1[C@@H](O)[C@H](O)[C@@H](CO)O[C@H]1O. The van der Waals surface area contributed by atoms with Crippen LogP contribution in [0.15, 0.2) is 0 Å². The van der Waals surface area contributed by atoms with Gasteiger partial charge in [-0.3, -0.25) is 4.79 Å². The maximum Gasteiger partial charge on any atom is 0.173 e. The van der Waals surface area contributed by atoms with Crippen LogP contribution < -0.4 is 5.73 Å². The topological polar surface area (TPSA) is 153 Å². The lowest BCUT2D eigenvalue weighted by Gasteiger charge is -2.60. The molecular weight excluding hydrogens is 438 g/mol. The first-order valence-corrected chi connectivity index (χ1v) is 13.2. The normalized spacial score (nSPS) is 54.9. The van der Waals surface area contributed by atoms with Crippen molar-refractivity contribution in [3.05, 3.63) is 0 Å². The summed E-state index contributed by atoms with van der Waals surface area (Å²) < 4.78 is 4.70. The summed E-state index contributed by atoms with van der Waals surface area (Å²) in [7, 11) is 0. The van der Waals surface area contributed by atoms with Gasteiger partial charge in [0, 0.05) is 12.8 Å². The van der Waals surface area contributed by atoms with E-state index < -0.39 is 42.9 Å².